The van der Waals surface area contributed by atoms with Gasteiger partial charge in [-0.05, 0) is 37.9 Å². The summed E-state index contributed by atoms with van der Waals surface area (Å²) in [6.45, 7) is 4.19. The van der Waals surface area contributed by atoms with Crippen LogP contribution in [0.3, 0.4) is 0 Å². The third kappa shape index (κ3) is 3.41. The van der Waals surface area contributed by atoms with Crippen molar-refractivity contribution < 1.29 is 9.53 Å². The number of amides is 1. The first-order chi connectivity index (χ1) is 9.72. The number of hydrogen-bond donors (Lipinski definition) is 1. The number of nitrogens with one attached hydrogen (secondary N) is 1. The van der Waals surface area contributed by atoms with E-state index in [2.05, 4.69) is 16.9 Å². The molecular weight excluding hydrogens is 254 g/mol. The van der Waals surface area contributed by atoms with Crippen molar-refractivity contribution in [2.24, 2.45) is 5.92 Å². The Bertz CT molecular complexity index is 442. The van der Waals surface area contributed by atoms with Crippen molar-refractivity contribution in [3.63, 3.8) is 0 Å². The zero-order valence-electron chi connectivity index (χ0n) is 12.0. The summed E-state index contributed by atoms with van der Waals surface area (Å²) in [4.78, 5) is 19.8. The van der Waals surface area contributed by atoms with Gasteiger partial charge in [0.25, 0.3) is 5.91 Å². The third-order valence-corrected chi connectivity index (χ3v) is 4.06. The average molecular weight is 277 g/mol. The van der Waals surface area contributed by atoms with Gasteiger partial charge in [-0.25, -0.2) is 0 Å². The molecule has 0 spiro atoms. The van der Waals surface area contributed by atoms with E-state index in [0.29, 0.717) is 18.2 Å². The van der Waals surface area contributed by atoms with Crippen LogP contribution in [0.5, 0.6) is 0 Å². The van der Waals surface area contributed by atoms with Crippen molar-refractivity contribution in [3.8, 4) is 0 Å². The number of rotatable bonds is 5. The van der Waals surface area contributed by atoms with Crippen molar-refractivity contribution in [2.45, 2.75) is 18.9 Å². The second kappa shape index (κ2) is 5.97. The van der Waals surface area contributed by atoms with E-state index in [4.69, 9.17) is 4.74 Å². The van der Waals surface area contributed by atoms with E-state index in [1.54, 1.807) is 6.20 Å². The summed E-state index contributed by atoms with van der Waals surface area (Å²) in [6.07, 6.45) is 4.43. The molecule has 1 aromatic heterocycles. The summed E-state index contributed by atoms with van der Waals surface area (Å²) in [6, 6.07) is 3.71. The summed E-state index contributed by atoms with van der Waals surface area (Å²) in [5.74, 6) is 0.786. The Morgan fingerprint density at radius 3 is 3.00 bits per heavy atom. The predicted molar refractivity (Wildman–Crippen MR) is 76.7 cm³/mol. The molecule has 5 heteroatoms. The fourth-order valence-electron chi connectivity index (χ4n) is 2.71. The SMILES string of the molecule is CN1CCO[C@H](CN(CC2CC2)C(=O)c2ccc[nH]2)C1. The van der Waals surface area contributed by atoms with Crippen LogP contribution in [-0.2, 0) is 4.74 Å². The van der Waals surface area contributed by atoms with Gasteiger partial charge in [-0.15, -0.1) is 0 Å². The molecule has 110 valence electrons. The van der Waals surface area contributed by atoms with Crippen molar-refractivity contribution in [3.05, 3.63) is 24.0 Å². The van der Waals surface area contributed by atoms with Gasteiger partial charge in [0.15, 0.2) is 0 Å². The molecule has 1 N–H and O–H groups in total. The predicted octanol–water partition coefficient (Wildman–Crippen LogP) is 1.20. The van der Waals surface area contributed by atoms with Crippen molar-refractivity contribution in [1.29, 1.82) is 0 Å². The topological polar surface area (TPSA) is 48.6 Å². The first-order valence-electron chi connectivity index (χ1n) is 7.45. The highest BCUT2D eigenvalue weighted by atomic mass is 16.5. The smallest absolute Gasteiger partial charge is 0.270 e. The fraction of sp³-hybridized carbons (Fsp3) is 0.667. The highest BCUT2D eigenvalue weighted by Gasteiger charge is 2.30. The van der Waals surface area contributed by atoms with Crippen LogP contribution in [0.25, 0.3) is 0 Å². The molecule has 1 aromatic rings. The molecule has 2 heterocycles. The van der Waals surface area contributed by atoms with E-state index in [9.17, 15) is 4.79 Å². The van der Waals surface area contributed by atoms with Gasteiger partial charge < -0.3 is 19.5 Å². The lowest BCUT2D eigenvalue weighted by molar-refractivity contribution is -0.0332. The largest absolute Gasteiger partial charge is 0.374 e. The van der Waals surface area contributed by atoms with Crippen molar-refractivity contribution in [2.75, 3.05) is 39.8 Å². The molecule has 1 aliphatic heterocycles. The summed E-state index contributed by atoms with van der Waals surface area (Å²) < 4.78 is 5.80. The molecule has 1 aliphatic carbocycles. The summed E-state index contributed by atoms with van der Waals surface area (Å²) >= 11 is 0. The fourth-order valence-corrected chi connectivity index (χ4v) is 2.71. The van der Waals surface area contributed by atoms with Gasteiger partial charge in [0.1, 0.15) is 5.69 Å². The summed E-state index contributed by atoms with van der Waals surface area (Å²) in [7, 11) is 2.10. The molecule has 0 radical (unpaired) electrons. The Kier molecular flexibility index (Phi) is 4.08. The molecule has 0 aromatic carbocycles. The maximum atomic E-state index is 12.5. The Morgan fingerprint density at radius 1 is 1.50 bits per heavy atom. The zero-order chi connectivity index (χ0) is 13.9. The van der Waals surface area contributed by atoms with Gasteiger partial charge in [-0.2, -0.15) is 0 Å². The number of likely N-dealkylation sites (N-methyl/N-ethyl adjacent to an activating group) is 1. The second-order valence-electron chi connectivity index (χ2n) is 5.99. The number of hydrogen-bond acceptors (Lipinski definition) is 3. The minimum atomic E-state index is 0.0960. The van der Waals surface area contributed by atoms with Crippen LogP contribution in [-0.4, -0.2) is 66.6 Å². The van der Waals surface area contributed by atoms with Crippen molar-refractivity contribution >= 4 is 5.91 Å². The molecule has 3 rings (SSSR count). The number of carbonyl (C=O) groups is 1. The highest BCUT2D eigenvalue weighted by Crippen LogP contribution is 2.30. The van der Waals surface area contributed by atoms with Crippen LogP contribution in [0.15, 0.2) is 18.3 Å². The van der Waals surface area contributed by atoms with E-state index in [0.717, 1.165) is 26.2 Å². The molecule has 2 aliphatic rings. The number of nitrogens with zero attached hydrogens (tertiary/aromatic N) is 2. The first-order valence-corrected chi connectivity index (χ1v) is 7.45. The minimum absolute atomic E-state index is 0.0960. The van der Waals surface area contributed by atoms with Crippen LogP contribution in [0.2, 0.25) is 0 Å². The van der Waals surface area contributed by atoms with E-state index in [-0.39, 0.29) is 12.0 Å². The lowest BCUT2D eigenvalue weighted by Gasteiger charge is -2.34. The summed E-state index contributed by atoms with van der Waals surface area (Å²) in [5.41, 5.74) is 0.676. The van der Waals surface area contributed by atoms with E-state index in [1.807, 2.05) is 17.0 Å². The van der Waals surface area contributed by atoms with Gasteiger partial charge in [0, 0.05) is 32.4 Å². The minimum Gasteiger partial charge on any atom is -0.374 e. The van der Waals surface area contributed by atoms with Crippen LogP contribution in [0, 0.1) is 5.92 Å². The molecule has 5 nitrogen and oxygen atoms in total. The van der Waals surface area contributed by atoms with Gasteiger partial charge in [0.2, 0.25) is 0 Å². The first kappa shape index (κ1) is 13.6. The van der Waals surface area contributed by atoms with Gasteiger partial charge in [0.05, 0.1) is 12.7 Å². The van der Waals surface area contributed by atoms with E-state index in [1.165, 1.54) is 12.8 Å². The molecule has 0 unspecified atom stereocenters. The standard InChI is InChI=1S/C15H23N3O2/c1-17-7-8-20-13(10-17)11-18(9-12-4-5-12)15(19)14-3-2-6-16-14/h2-3,6,12-13,16H,4-5,7-11H2,1H3/t13-/m0/s1. The second-order valence-corrected chi connectivity index (χ2v) is 5.99. The monoisotopic (exact) mass is 277 g/mol. The highest BCUT2D eigenvalue weighted by molar-refractivity contribution is 5.92. The summed E-state index contributed by atoms with van der Waals surface area (Å²) in [5, 5.41) is 0. The van der Waals surface area contributed by atoms with Crippen molar-refractivity contribution in [1.82, 2.24) is 14.8 Å². The molecule has 1 atom stereocenters. The van der Waals surface area contributed by atoms with Gasteiger partial charge in [-0.3, -0.25) is 4.79 Å². The van der Waals surface area contributed by atoms with Crippen LogP contribution in [0.1, 0.15) is 23.3 Å². The number of ether oxygens (including phenoxy) is 1. The van der Waals surface area contributed by atoms with Gasteiger partial charge in [-0.1, -0.05) is 0 Å². The molecule has 0 bridgehead atoms. The molecule has 1 saturated heterocycles. The Morgan fingerprint density at radius 2 is 2.35 bits per heavy atom. The maximum absolute atomic E-state index is 12.5. The third-order valence-electron chi connectivity index (χ3n) is 4.06. The molecular formula is C15H23N3O2. The molecule has 2 fully saturated rings. The molecule has 1 saturated carbocycles. The number of carbonyl (C=O) groups excluding carboxylic acids is 1. The quantitative estimate of drug-likeness (QED) is 0.880. The van der Waals surface area contributed by atoms with Gasteiger partial charge >= 0.3 is 0 Å². The lowest BCUT2D eigenvalue weighted by atomic mass is 10.2. The molecule has 20 heavy (non-hydrogen) atoms. The number of H-pyrrole nitrogens is 1. The Hall–Kier alpha value is -1.33. The normalized spacial score (nSPS) is 23.8. The van der Waals surface area contributed by atoms with E-state index >= 15 is 0 Å². The lowest BCUT2D eigenvalue weighted by Crippen LogP contribution is -2.48. The van der Waals surface area contributed by atoms with Crippen LogP contribution in [0.4, 0.5) is 0 Å². The molecule has 1 amide bonds. The van der Waals surface area contributed by atoms with Crippen LogP contribution >= 0.6 is 0 Å². The Labute approximate surface area is 119 Å². The Balaban J connectivity index is 1.64. The number of morpholine rings is 1. The number of aromatic nitrogens is 1. The zero-order valence-corrected chi connectivity index (χ0v) is 12.0. The van der Waals surface area contributed by atoms with Crippen LogP contribution < -0.4 is 0 Å². The maximum Gasteiger partial charge on any atom is 0.270 e. The average Bonchev–Trinajstić information content (AvgIpc) is 3.08. The number of aromatic amines is 1. The van der Waals surface area contributed by atoms with E-state index < -0.39 is 0 Å².